The van der Waals surface area contributed by atoms with E-state index in [0.717, 1.165) is 27.7 Å². The number of ketones is 1. The van der Waals surface area contributed by atoms with Crippen LogP contribution in [0.25, 0.3) is 16.6 Å². The van der Waals surface area contributed by atoms with E-state index in [1.165, 1.54) is 0 Å². The first-order valence-corrected chi connectivity index (χ1v) is 9.71. The first kappa shape index (κ1) is 19.6. The molecule has 2 heterocycles. The van der Waals surface area contributed by atoms with E-state index in [2.05, 4.69) is 5.16 Å². The second-order valence-corrected chi connectivity index (χ2v) is 7.36. The summed E-state index contributed by atoms with van der Waals surface area (Å²) in [6, 6.07) is 17.4. The fourth-order valence-electron chi connectivity index (χ4n) is 3.65. The van der Waals surface area contributed by atoms with Gasteiger partial charge in [0.15, 0.2) is 12.4 Å². The normalized spacial score (nSPS) is 11.0. The summed E-state index contributed by atoms with van der Waals surface area (Å²) in [5.41, 5.74) is 2.94. The average molecular weight is 402 g/mol. The van der Waals surface area contributed by atoms with Crippen molar-refractivity contribution in [3.63, 3.8) is 0 Å². The fraction of sp³-hybridized carbons (Fsp3) is 0.208. The topological polar surface area (TPSA) is 74.3 Å². The molecule has 0 saturated heterocycles. The second-order valence-electron chi connectivity index (χ2n) is 7.36. The van der Waals surface area contributed by atoms with E-state index in [1.807, 2.05) is 67.8 Å². The van der Waals surface area contributed by atoms with Crippen molar-refractivity contribution < 1.29 is 18.8 Å². The molecule has 0 N–H and O–H groups in total. The predicted octanol–water partition coefficient (Wildman–Crippen LogP) is 4.51. The number of ether oxygens (including phenoxy) is 1. The summed E-state index contributed by atoms with van der Waals surface area (Å²) in [4.78, 5) is 24.9. The molecule has 0 amide bonds. The van der Waals surface area contributed by atoms with Crippen LogP contribution in [0.15, 0.2) is 59.1 Å². The molecule has 0 aliphatic rings. The van der Waals surface area contributed by atoms with Crippen molar-refractivity contribution in [1.29, 1.82) is 0 Å². The number of aromatic nitrogens is 2. The third kappa shape index (κ3) is 3.89. The number of rotatable bonds is 6. The molecule has 0 bridgehead atoms. The smallest absolute Gasteiger partial charge is 0.310 e. The lowest BCUT2D eigenvalue weighted by molar-refractivity contribution is -0.141. The summed E-state index contributed by atoms with van der Waals surface area (Å²) in [5.74, 6) is 0.629. The molecular weight excluding hydrogens is 380 g/mol. The third-order valence-corrected chi connectivity index (χ3v) is 5.10. The Balaban J connectivity index is 1.42. The fourth-order valence-corrected chi connectivity index (χ4v) is 3.65. The molecule has 30 heavy (non-hydrogen) atoms. The Kier molecular flexibility index (Phi) is 5.23. The zero-order valence-electron chi connectivity index (χ0n) is 17.1. The molecule has 4 aromatic rings. The molecule has 0 radical (unpaired) electrons. The van der Waals surface area contributed by atoms with Gasteiger partial charge in [0.2, 0.25) is 5.78 Å². The highest BCUT2D eigenvalue weighted by Crippen LogP contribution is 2.21. The standard InChI is InChI=1S/C24H22N2O4/c1-15-10-21(17(3)26(15)23-11-16(2)30-25-23)22(27)14-29-24(28)13-18-8-9-19-6-4-5-7-20(19)12-18/h4-12H,13-14H2,1-3H3. The van der Waals surface area contributed by atoms with Gasteiger partial charge in [-0.3, -0.25) is 14.2 Å². The summed E-state index contributed by atoms with van der Waals surface area (Å²) in [5, 5.41) is 6.19. The minimum Gasteiger partial charge on any atom is -0.457 e. The van der Waals surface area contributed by atoms with Gasteiger partial charge in [-0.2, -0.15) is 0 Å². The van der Waals surface area contributed by atoms with Gasteiger partial charge in [0.25, 0.3) is 0 Å². The molecule has 152 valence electrons. The Morgan fingerprint density at radius 1 is 1.00 bits per heavy atom. The van der Waals surface area contributed by atoms with Crippen LogP contribution in [-0.4, -0.2) is 28.1 Å². The summed E-state index contributed by atoms with van der Waals surface area (Å²) in [6.45, 7) is 5.24. The highest BCUT2D eigenvalue weighted by Gasteiger charge is 2.19. The zero-order valence-corrected chi connectivity index (χ0v) is 17.1. The first-order valence-electron chi connectivity index (χ1n) is 9.71. The van der Waals surface area contributed by atoms with Crippen LogP contribution in [0, 0.1) is 20.8 Å². The van der Waals surface area contributed by atoms with Crippen LogP contribution in [0.3, 0.4) is 0 Å². The van der Waals surface area contributed by atoms with Gasteiger partial charge in [-0.05, 0) is 43.2 Å². The minimum atomic E-state index is -0.431. The summed E-state index contributed by atoms with van der Waals surface area (Å²) < 4.78 is 12.2. The summed E-state index contributed by atoms with van der Waals surface area (Å²) >= 11 is 0. The zero-order chi connectivity index (χ0) is 21.3. The number of hydrogen-bond acceptors (Lipinski definition) is 5. The maximum Gasteiger partial charge on any atom is 0.310 e. The van der Waals surface area contributed by atoms with E-state index >= 15 is 0 Å². The van der Waals surface area contributed by atoms with Crippen molar-refractivity contribution in [2.45, 2.75) is 27.2 Å². The van der Waals surface area contributed by atoms with Crippen LogP contribution in [0.1, 0.15) is 33.1 Å². The van der Waals surface area contributed by atoms with Crippen molar-refractivity contribution in [3.05, 3.63) is 82.9 Å². The highest BCUT2D eigenvalue weighted by atomic mass is 16.5. The molecule has 4 rings (SSSR count). The lowest BCUT2D eigenvalue weighted by Gasteiger charge is -2.07. The van der Waals surface area contributed by atoms with Gasteiger partial charge < -0.3 is 9.26 Å². The Morgan fingerprint density at radius 2 is 1.77 bits per heavy atom. The van der Waals surface area contributed by atoms with Gasteiger partial charge in [0, 0.05) is 23.0 Å². The van der Waals surface area contributed by atoms with E-state index in [1.54, 1.807) is 12.1 Å². The lowest BCUT2D eigenvalue weighted by Crippen LogP contribution is -2.16. The Morgan fingerprint density at radius 3 is 2.50 bits per heavy atom. The van der Waals surface area contributed by atoms with Gasteiger partial charge >= 0.3 is 5.97 Å². The maximum atomic E-state index is 12.7. The molecule has 2 aromatic heterocycles. The van der Waals surface area contributed by atoms with Crippen LogP contribution in [0.4, 0.5) is 0 Å². The third-order valence-electron chi connectivity index (χ3n) is 5.10. The van der Waals surface area contributed by atoms with E-state index in [-0.39, 0.29) is 18.8 Å². The van der Waals surface area contributed by atoms with Crippen molar-refractivity contribution in [1.82, 2.24) is 9.72 Å². The number of esters is 1. The van der Waals surface area contributed by atoms with Crippen LogP contribution in [-0.2, 0) is 16.0 Å². The molecule has 6 heteroatoms. The number of hydrogen-bond donors (Lipinski definition) is 0. The molecule has 0 saturated carbocycles. The minimum absolute atomic E-state index is 0.120. The van der Waals surface area contributed by atoms with Gasteiger partial charge in [0.05, 0.1) is 6.42 Å². The summed E-state index contributed by atoms with van der Waals surface area (Å²) in [6.07, 6.45) is 0.120. The van der Waals surface area contributed by atoms with Crippen molar-refractivity contribution in [2.75, 3.05) is 6.61 Å². The van der Waals surface area contributed by atoms with E-state index in [9.17, 15) is 9.59 Å². The molecule has 0 atom stereocenters. The SMILES string of the molecule is Cc1cc(-n2c(C)cc(C(=O)COC(=O)Cc3ccc4ccccc4c3)c2C)no1. The number of nitrogens with zero attached hydrogens (tertiary/aromatic N) is 2. The quantitative estimate of drug-likeness (QED) is 0.350. The molecule has 0 spiro atoms. The van der Waals surface area contributed by atoms with E-state index in [0.29, 0.717) is 17.1 Å². The van der Waals surface area contributed by atoms with Crippen LogP contribution >= 0.6 is 0 Å². The first-order chi connectivity index (χ1) is 14.4. The van der Waals surface area contributed by atoms with Crippen LogP contribution < -0.4 is 0 Å². The molecule has 0 fully saturated rings. The maximum absolute atomic E-state index is 12.7. The number of aryl methyl sites for hydroxylation is 2. The number of Topliss-reactive ketones (excluding diaryl/α,β-unsaturated/α-hetero) is 1. The van der Waals surface area contributed by atoms with Gasteiger partial charge in [0.1, 0.15) is 5.76 Å². The highest BCUT2D eigenvalue weighted by molar-refractivity contribution is 5.99. The monoisotopic (exact) mass is 402 g/mol. The number of benzene rings is 2. The Hall–Kier alpha value is -3.67. The number of carbonyl (C=O) groups excluding carboxylic acids is 2. The molecule has 2 aromatic carbocycles. The van der Waals surface area contributed by atoms with Crippen molar-refractivity contribution in [3.8, 4) is 5.82 Å². The Bertz CT molecular complexity index is 1250. The Labute approximate surface area is 174 Å². The molecular formula is C24H22N2O4. The molecule has 0 aliphatic carbocycles. The molecule has 0 unspecified atom stereocenters. The second kappa shape index (κ2) is 7.99. The van der Waals surface area contributed by atoms with Gasteiger partial charge in [-0.15, -0.1) is 0 Å². The van der Waals surface area contributed by atoms with E-state index < -0.39 is 5.97 Å². The summed E-state index contributed by atoms with van der Waals surface area (Å²) in [7, 11) is 0. The average Bonchev–Trinajstić information content (AvgIpc) is 3.28. The van der Waals surface area contributed by atoms with Crippen molar-refractivity contribution in [2.24, 2.45) is 0 Å². The predicted molar refractivity (Wildman–Crippen MR) is 113 cm³/mol. The largest absolute Gasteiger partial charge is 0.457 e. The molecule has 0 aliphatic heterocycles. The van der Waals surface area contributed by atoms with Crippen LogP contribution in [0.5, 0.6) is 0 Å². The number of carbonyl (C=O) groups is 2. The van der Waals surface area contributed by atoms with Crippen LogP contribution in [0.2, 0.25) is 0 Å². The van der Waals surface area contributed by atoms with Crippen molar-refractivity contribution >= 4 is 22.5 Å². The number of fused-ring (bicyclic) bond motifs is 1. The van der Waals surface area contributed by atoms with Gasteiger partial charge in [-0.1, -0.05) is 47.6 Å². The van der Waals surface area contributed by atoms with Gasteiger partial charge in [-0.25, -0.2) is 0 Å². The lowest BCUT2D eigenvalue weighted by atomic mass is 10.1. The molecule has 6 nitrogen and oxygen atoms in total. The van der Waals surface area contributed by atoms with E-state index in [4.69, 9.17) is 9.26 Å².